The van der Waals surface area contributed by atoms with Crippen molar-refractivity contribution >= 4 is 0 Å². The van der Waals surface area contributed by atoms with Gasteiger partial charge in [0, 0.05) is 12.1 Å². The molecule has 0 radical (unpaired) electrons. The molecular weight excluding hydrogens is 289 g/mol. The summed E-state index contributed by atoms with van der Waals surface area (Å²) in [5.41, 5.74) is 2.19. The van der Waals surface area contributed by atoms with Gasteiger partial charge in [-0.15, -0.1) is 0 Å². The lowest BCUT2D eigenvalue weighted by molar-refractivity contribution is 0.0226. The topological polar surface area (TPSA) is 21.3 Å². The summed E-state index contributed by atoms with van der Waals surface area (Å²) in [6.45, 7) is 5.02. The first kappa shape index (κ1) is 16.2. The molecule has 0 aromatic heterocycles. The molecule has 0 saturated carbocycles. The van der Waals surface area contributed by atoms with Crippen LogP contribution in [0.4, 0.5) is 4.39 Å². The van der Waals surface area contributed by atoms with Crippen molar-refractivity contribution in [2.45, 2.75) is 45.1 Å². The molecule has 2 aromatic rings. The SMILES string of the molecule is CC(C)[C@@H]1N[C@H](c2cccc(F)c2)C[C@@H]1OCc1ccccc1. The molecule has 2 nitrogen and oxygen atoms in total. The van der Waals surface area contributed by atoms with Gasteiger partial charge in [0.15, 0.2) is 0 Å². The molecule has 0 unspecified atom stereocenters. The molecule has 122 valence electrons. The Labute approximate surface area is 137 Å². The van der Waals surface area contributed by atoms with E-state index in [1.807, 2.05) is 24.3 Å². The van der Waals surface area contributed by atoms with E-state index in [1.54, 1.807) is 12.1 Å². The van der Waals surface area contributed by atoms with Gasteiger partial charge in [0.1, 0.15) is 5.82 Å². The average Bonchev–Trinajstić information content (AvgIpc) is 2.98. The maximum absolute atomic E-state index is 13.5. The van der Waals surface area contributed by atoms with Gasteiger partial charge in [-0.05, 0) is 35.6 Å². The lowest BCUT2D eigenvalue weighted by Gasteiger charge is -2.23. The Bertz CT molecular complexity index is 629. The third-order valence-electron chi connectivity index (χ3n) is 4.54. The first-order valence-corrected chi connectivity index (χ1v) is 8.30. The average molecular weight is 313 g/mol. The molecule has 0 spiro atoms. The third kappa shape index (κ3) is 3.98. The van der Waals surface area contributed by atoms with Crippen LogP contribution in [0.3, 0.4) is 0 Å². The zero-order valence-electron chi connectivity index (χ0n) is 13.7. The highest BCUT2D eigenvalue weighted by molar-refractivity contribution is 5.22. The summed E-state index contributed by atoms with van der Waals surface area (Å²) in [6, 6.07) is 17.5. The van der Waals surface area contributed by atoms with Crippen LogP contribution >= 0.6 is 0 Å². The first-order valence-electron chi connectivity index (χ1n) is 8.30. The summed E-state index contributed by atoms with van der Waals surface area (Å²) in [5, 5.41) is 3.63. The van der Waals surface area contributed by atoms with Crippen molar-refractivity contribution < 1.29 is 9.13 Å². The minimum absolute atomic E-state index is 0.142. The van der Waals surface area contributed by atoms with E-state index in [2.05, 4.69) is 31.3 Å². The number of rotatable bonds is 5. The highest BCUT2D eigenvalue weighted by atomic mass is 19.1. The van der Waals surface area contributed by atoms with Gasteiger partial charge in [-0.3, -0.25) is 0 Å². The maximum atomic E-state index is 13.5. The molecule has 1 saturated heterocycles. The Hall–Kier alpha value is -1.71. The van der Waals surface area contributed by atoms with E-state index >= 15 is 0 Å². The molecule has 3 heteroatoms. The molecule has 0 bridgehead atoms. The summed E-state index contributed by atoms with van der Waals surface area (Å²) in [5.74, 6) is 0.286. The van der Waals surface area contributed by atoms with Gasteiger partial charge in [-0.25, -0.2) is 4.39 Å². The van der Waals surface area contributed by atoms with Crippen LogP contribution in [0, 0.1) is 11.7 Å². The van der Waals surface area contributed by atoms with E-state index in [4.69, 9.17) is 4.74 Å². The summed E-state index contributed by atoms with van der Waals surface area (Å²) in [4.78, 5) is 0. The second kappa shape index (κ2) is 7.24. The molecule has 1 fully saturated rings. The lowest BCUT2D eigenvalue weighted by Crippen LogP contribution is -2.37. The minimum atomic E-state index is -0.181. The molecule has 1 heterocycles. The van der Waals surface area contributed by atoms with Crippen molar-refractivity contribution in [2.24, 2.45) is 5.92 Å². The van der Waals surface area contributed by atoms with Crippen LogP contribution in [0.1, 0.15) is 37.4 Å². The quantitative estimate of drug-likeness (QED) is 0.879. The van der Waals surface area contributed by atoms with Crippen molar-refractivity contribution in [3.05, 3.63) is 71.5 Å². The van der Waals surface area contributed by atoms with Crippen LogP contribution < -0.4 is 5.32 Å². The lowest BCUT2D eigenvalue weighted by atomic mass is 9.99. The van der Waals surface area contributed by atoms with Crippen LogP contribution in [-0.2, 0) is 11.3 Å². The predicted octanol–water partition coefficient (Wildman–Crippen LogP) is 4.47. The highest BCUT2D eigenvalue weighted by Crippen LogP contribution is 2.32. The normalized spacial score (nSPS) is 24.3. The molecule has 3 rings (SSSR count). The molecule has 3 atom stereocenters. The predicted molar refractivity (Wildman–Crippen MR) is 90.5 cm³/mol. The van der Waals surface area contributed by atoms with Crippen molar-refractivity contribution in [1.29, 1.82) is 0 Å². The zero-order chi connectivity index (χ0) is 16.2. The van der Waals surface area contributed by atoms with Crippen molar-refractivity contribution in [3.8, 4) is 0 Å². The Morgan fingerprint density at radius 3 is 2.61 bits per heavy atom. The van der Waals surface area contributed by atoms with Crippen molar-refractivity contribution in [1.82, 2.24) is 5.32 Å². The number of hydrogen-bond acceptors (Lipinski definition) is 2. The van der Waals surface area contributed by atoms with Gasteiger partial charge >= 0.3 is 0 Å². The van der Waals surface area contributed by atoms with Crippen LogP contribution in [0.5, 0.6) is 0 Å². The maximum Gasteiger partial charge on any atom is 0.123 e. The van der Waals surface area contributed by atoms with E-state index in [9.17, 15) is 4.39 Å². The highest BCUT2D eigenvalue weighted by Gasteiger charge is 2.36. The van der Waals surface area contributed by atoms with Gasteiger partial charge in [-0.1, -0.05) is 56.3 Å². The van der Waals surface area contributed by atoms with Gasteiger partial charge in [0.05, 0.1) is 12.7 Å². The van der Waals surface area contributed by atoms with Gasteiger partial charge in [0.25, 0.3) is 0 Å². The largest absolute Gasteiger partial charge is 0.372 e. The van der Waals surface area contributed by atoms with Crippen molar-refractivity contribution in [2.75, 3.05) is 0 Å². The molecule has 0 aliphatic carbocycles. The standard InChI is InChI=1S/C20H24FNO/c1-14(2)20-19(23-13-15-7-4-3-5-8-15)12-18(22-20)16-9-6-10-17(21)11-16/h3-11,14,18-20,22H,12-13H2,1-2H3/t18-,19-,20-/m0/s1. The molecule has 1 N–H and O–H groups in total. The van der Waals surface area contributed by atoms with Gasteiger partial charge < -0.3 is 10.1 Å². The third-order valence-corrected chi connectivity index (χ3v) is 4.54. The van der Waals surface area contributed by atoms with Crippen LogP contribution in [0.25, 0.3) is 0 Å². The van der Waals surface area contributed by atoms with E-state index in [1.165, 1.54) is 11.6 Å². The Balaban J connectivity index is 1.69. The number of nitrogens with one attached hydrogen (secondary N) is 1. The fraction of sp³-hybridized carbons (Fsp3) is 0.400. The molecule has 0 amide bonds. The number of ether oxygens (including phenoxy) is 1. The molecule has 1 aliphatic heterocycles. The number of hydrogen-bond donors (Lipinski definition) is 1. The minimum Gasteiger partial charge on any atom is -0.372 e. The summed E-state index contributed by atoms with van der Waals surface area (Å²) < 4.78 is 19.7. The molecule has 23 heavy (non-hydrogen) atoms. The van der Waals surface area contributed by atoms with E-state index < -0.39 is 0 Å². The number of benzene rings is 2. The second-order valence-corrected chi connectivity index (χ2v) is 6.61. The van der Waals surface area contributed by atoms with Crippen LogP contribution in [-0.4, -0.2) is 12.1 Å². The van der Waals surface area contributed by atoms with E-state index in [-0.39, 0.29) is 24.0 Å². The number of halogens is 1. The smallest absolute Gasteiger partial charge is 0.123 e. The molecule has 1 aliphatic rings. The van der Waals surface area contributed by atoms with Crippen LogP contribution in [0.2, 0.25) is 0 Å². The molecular formula is C20H24FNO. The Kier molecular flexibility index (Phi) is 5.09. The van der Waals surface area contributed by atoms with E-state index in [0.717, 1.165) is 12.0 Å². The second-order valence-electron chi connectivity index (χ2n) is 6.61. The Morgan fingerprint density at radius 2 is 1.91 bits per heavy atom. The van der Waals surface area contributed by atoms with Gasteiger partial charge in [-0.2, -0.15) is 0 Å². The van der Waals surface area contributed by atoms with Gasteiger partial charge in [0.2, 0.25) is 0 Å². The zero-order valence-corrected chi connectivity index (χ0v) is 13.7. The van der Waals surface area contributed by atoms with E-state index in [0.29, 0.717) is 12.5 Å². The summed E-state index contributed by atoms with van der Waals surface area (Å²) in [6.07, 6.45) is 1.02. The van der Waals surface area contributed by atoms with Crippen molar-refractivity contribution in [3.63, 3.8) is 0 Å². The molecule has 2 aromatic carbocycles. The fourth-order valence-electron chi connectivity index (χ4n) is 3.31. The monoisotopic (exact) mass is 313 g/mol. The fourth-order valence-corrected chi connectivity index (χ4v) is 3.31. The van der Waals surface area contributed by atoms with Crippen LogP contribution in [0.15, 0.2) is 54.6 Å². The first-order chi connectivity index (χ1) is 11.1. The Morgan fingerprint density at radius 1 is 1.13 bits per heavy atom. The summed E-state index contributed by atoms with van der Waals surface area (Å²) in [7, 11) is 0. The summed E-state index contributed by atoms with van der Waals surface area (Å²) >= 11 is 0.